The second-order valence-electron chi connectivity index (χ2n) is 3.22. The highest BCUT2D eigenvalue weighted by atomic mass is 79.9. The van der Waals surface area contributed by atoms with Gasteiger partial charge in [-0.1, -0.05) is 21.1 Å². The molecule has 5 heteroatoms. The topological polar surface area (TPSA) is 30.7 Å². The van der Waals surface area contributed by atoms with Gasteiger partial charge in [0.1, 0.15) is 0 Å². The highest BCUT2D eigenvalue weighted by molar-refractivity contribution is 9.10. The lowest BCUT2D eigenvalue weighted by molar-refractivity contribution is 0.795. The van der Waals surface area contributed by atoms with E-state index in [2.05, 4.69) is 26.2 Å². The van der Waals surface area contributed by atoms with Gasteiger partial charge < -0.3 is 0 Å². The highest BCUT2D eigenvalue weighted by Gasteiger charge is 2.04. The summed E-state index contributed by atoms with van der Waals surface area (Å²) in [5.74, 6) is 0.384. The number of aromatic nitrogens is 3. The lowest BCUT2D eigenvalue weighted by atomic mass is 10.2. The molecular formula is C10H9BrClN3. The van der Waals surface area contributed by atoms with Crippen molar-refractivity contribution in [3.8, 4) is 5.69 Å². The van der Waals surface area contributed by atoms with Gasteiger partial charge in [-0.25, -0.2) is 4.68 Å². The van der Waals surface area contributed by atoms with Gasteiger partial charge in [0.25, 0.3) is 0 Å². The molecule has 0 radical (unpaired) electrons. The van der Waals surface area contributed by atoms with Crippen molar-refractivity contribution in [3.05, 3.63) is 40.1 Å². The third kappa shape index (κ3) is 2.21. The van der Waals surface area contributed by atoms with Crippen LogP contribution in [0.2, 0.25) is 0 Å². The van der Waals surface area contributed by atoms with Crippen molar-refractivity contribution in [2.75, 3.05) is 0 Å². The van der Waals surface area contributed by atoms with E-state index >= 15 is 0 Å². The monoisotopic (exact) mass is 285 g/mol. The summed E-state index contributed by atoms with van der Waals surface area (Å²) in [6, 6.07) is 6.01. The van der Waals surface area contributed by atoms with Gasteiger partial charge in [-0.05, 0) is 30.7 Å². The van der Waals surface area contributed by atoms with E-state index in [0.717, 1.165) is 21.4 Å². The van der Waals surface area contributed by atoms with Crippen molar-refractivity contribution in [1.82, 2.24) is 15.0 Å². The number of halogens is 2. The second-order valence-corrected chi connectivity index (χ2v) is 4.40. The summed E-state index contributed by atoms with van der Waals surface area (Å²) in [6.45, 7) is 2.03. The van der Waals surface area contributed by atoms with E-state index in [1.165, 1.54) is 0 Å². The summed E-state index contributed by atoms with van der Waals surface area (Å²) < 4.78 is 2.79. The van der Waals surface area contributed by atoms with E-state index in [1.54, 1.807) is 4.68 Å². The molecule has 0 fully saturated rings. The van der Waals surface area contributed by atoms with Crippen molar-refractivity contribution in [2.24, 2.45) is 0 Å². The van der Waals surface area contributed by atoms with Crippen molar-refractivity contribution in [3.63, 3.8) is 0 Å². The largest absolute Gasteiger partial charge is 0.220 e. The Kier molecular flexibility index (Phi) is 3.07. The molecule has 1 aromatic carbocycles. The Morgan fingerprint density at radius 2 is 2.27 bits per heavy atom. The van der Waals surface area contributed by atoms with Gasteiger partial charge in [0.05, 0.1) is 23.5 Å². The summed E-state index contributed by atoms with van der Waals surface area (Å²) in [6.07, 6.45) is 1.84. The van der Waals surface area contributed by atoms with E-state index < -0.39 is 0 Å². The number of benzene rings is 1. The molecule has 0 aliphatic heterocycles. The van der Waals surface area contributed by atoms with Crippen LogP contribution in [0.15, 0.2) is 28.9 Å². The minimum absolute atomic E-state index is 0.384. The van der Waals surface area contributed by atoms with Crippen LogP contribution in [0.25, 0.3) is 5.69 Å². The van der Waals surface area contributed by atoms with Gasteiger partial charge in [-0.15, -0.1) is 16.7 Å². The predicted molar refractivity (Wildman–Crippen MR) is 63.4 cm³/mol. The zero-order valence-electron chi connectivity index (χ0n) is 8.11. The normalized spacial score (nSPS) is 10.6. The number of aryl methyl sites for hydroxylation is 1. The zero-order chi connectivity index (χ0) is 10.8. The number of hydrogen-bond acceptors (Lipinski definition) is 2. The minimum Gasteiger partial charge on any atom is -0.220 e. The Morgan fingerprint density at radius 3 is 2.87 bits per heavy atom. The van der Waals surface area contributed by atoms with Crippen LogP contribution in [0.1, 0.15) is 11.3 Å². The fraction of sp³-hybridized carbons (Fsp3) is 0.200. The number of hydrogen-bond donors (Lipinski definition) is 0. The fourth-order valence-electron chi connectivity index (χ4n) is 1.35. The van der Waals surface area contributed by atoms with Gasteiger partial charge in [0.15, 0.2) is 0 Å². The maximum absolute atomic E-state index is 5.67. The first kappa shape index (κ1) is 10.6. The fourth-order valence-corrected chi connectivity index (χ4v) is 1.95. The van der Waals surface area contributed by atoms with Crippen LogP contribution in [0, 0.1) is 6.92 Å². The van der Waals surface area contributed by atoms with Gasteiger partial charge in [-0.3, -0.25) is 0 Å². The first-order valence-electron chi connectivity index (χ1n) is 4.44. The second kappa shape index (κ2) is 4.33. The average molecular weight is 287 g/mol. The molecule has 78 valence electrons. The Morgan fingerprint density at radius 1 is 1.47 bits per heavy atom. The smallest absolute Gasteiger partial charge is 0.0979 e. The van der Waals surface area contributed by atoms with Crippen LogP contribution in [0.3, 0.4) is 0 Å². The standard InChI is InChI=1S/C10H9BrClN3/c1-7-4-8(11)2-3-10(7)15-6-9(5-12)13-14-15/h2-4,6H,5H2,1H3. The van der Waals surface area contributed by atoms with Crippen molar-refractivity contribution in [1.29, 1.82) is 0 Å². The Balaban J connectivity index is 2.44. The molecule has 0 saturated heterocycles. The van der Waals surface area contributed by atoms with E-state index in [9.17, 15) is 0 Å². The molecule has 3 nitrogen and oxygen atoms in total. The molecule has 0 aliphatic carbocycles. The van der Waals surface area contributed by atoms with Crippen LogP contribution >= 0.6 is 27.5 Å². The summed E-state index contributed by atoms with van der Waals surface area (Å²) in [5.41, 5.74) is 2.93. The maximum Gasteiger partial charge on any atom is 0.0979 e. The molecule has 0 atom stereocenters. The molecule has 1 aromatic heterocycles. The minimum atomic E-state index is 0.384. The lowest BCUT2D eigenvalue weighted by Crippen LogP contribution is -1.97. The molecule has 0 spiro atoms. The molecule has 0 N–H and O–H groups in total. The van der Waals surface area contributed by atoms with Gasteiger partial charge >= 0.3 is 0 Å². The highest BCUT2D eigenvalue weighted by Crippen LogP contribution is 2.18. The zero-order valence-corrected chi connectivity index (χ0v) is 10.5. The summed E-state index contributed by atoms with van der Waals surface area (Å²) in [4.78, 5) is 0. The molecule has 2 rings (SSSR count). The van der Waals surface area contributed by atoms with Gasteiger partial charge in [0.2, 0.25) is 0 Å². The van der Waals surface area contributed by atoms with Crippen LogP contribution in [0.5, 0.6) is 0 Å². The molecular weight excluding hydrogens is 277 g/mol. The van der Waals surface area contributed by atoms with E-state index in [1.807, 2.05) is 31.3 Å². The van der Waals surface area contributed by atoms with Crippen LogP contribution in [0.4, 0.5) is 0 Å². The van der Waals surface area contributed by atoms with Gasteiger partial charge in [0, 0.05) is 4.47 Å². The Labute approximate surface area is 101 Å². The van der Waals surface area contributed by atoms with Gasteiger partial charge in [-0.2, -0.15) is 0 Å². The first-order chi connectivity index (χ1) is 7.20. The Bertz CT molecular complexity index is 481. The summed E-state index contributed by atoms with van der Waals surface area (Å²) in [7, 11) is 0. The van der Waals surface area contributed by atoms with Crippen molar-refractivity contribution in [2.45, 2.75) is 12.8 Å². The third-order valence-corrected chi connectivity index (χ3v) is 2.85. The van der Waals surface area contributed by atoms with E-state index in [-0.39, 0.29) is 0 Å². The summed E-state index contributed by atoms with van der Waals surface area (Å²) >= 11 is 9.09. The van der Waals surface area contributed by atoms with Crippen LogP contribution in [-0.2, 0) is 5.88 Å². The molecule has 0 amide bonds. The van der Waals surface area contributed by atoms with E-state index in [4.69, 9.17) is 11.6 Å². The molecule has 0 aliphatic rings. The number of rotatable bonds is 2. The molecule has 2 aromatic rings. The average Bonchev–Trinajstić information content (AvgIpc) is 2.66. The Hall–Kier alpha value is -0.870. The maximum atomic E-state index is 5.67. The van der Waals surface area contributed by atoms with Crippen LogP contribution in [-0.4, -0.2) is 15.0 Å². The van der Waals surface area contributed by atoms with Crippen molar-refractivity contribution < 1.29 is 0 Å². The predicted octanol–water partition coefficient (Wildman–Crippen LogP) is 3.08. The number of nitrogens with zero attached hydrogens (tertiary/aromatic N) is 3. The number of alkyl halides is 1. The first-order valence-corrected chi connectivity index (χ1v) is 5.77. The summed E-state index contributed by atoms with van der Waals surface area (Å²) in [5, 5.41) is 7.96. The SMILES string of the molecule is Cc1cc(Br)ccc1-n1cc(CCl)nn1. The van der Waals surface area contributed by atoms with Crippen LogP contribution < -0.4 is 0 Å². The molecule has 0 unspecified atom stereocenters. The van der Waals surface area contributed by atoms with Crippen molar-refractivity contribution >= 4 is 27.5 Å². The van der Waals surface area contributed by atoms with E-state index in [0.29, 0.717) is 5.88 Å². The molecule has 0 bridgehead atoms. The molecule has 15 heavy (non-hydrogen) atoms. The molecule has 1 heterocycles. The molecule has 0 saturated carbocycles. The quantitative estimate of drug-likeness (QED) is 0.794. The lowest BCUT2D eigenvalue weighted by Gasteiger charge is -2.04. The third-order valence-electron chi connectivity index (χ3n) is 2.08.